The van der Waals surface area contributed by atoms with E-state index in [4.69, 9.17) is 4.42 Å². The van der Waals surface area contributed by atoms with E-state index in [1.807, 2.05) is 18.3 Å². The molecule has 2 aromatic heterocycles. The van der Waals surface area contributed by atoms with Gasteiger partial charge >= 0.3 is 0 Å². The van der Waals surface area contributed by atoms with Crippen LogP contribution in [0.25, 0.3) is 10.9 Å². The Kier molecular flexibility index (Phi) is 4.19. The van der Waals surface area contributed by atoms with Crippen molar-refractivity contribution in [1.82, 2.24) is 20.1 Å². The minimum absolute atomic E-state index is 0.237. The van der Waals surface area contributed by atoms with Crippen molar-refractivity contribution < 1.29 is 9.21 Å². The molecular weight excluding hydrogens is 340 g/mol. The molecule has 1 aliphatic carbocycles. The zero-order valence-corrected chi connectivity index (χ0v) is 15.4. The van der Waals surface area contributed by atoms with E-state index in [0.717, 1.165) is 30.0 Å². The highest BCUT2D eigenvalue weighted by Crippen LogP contribution is 2.35. The lowest BCUT2D eigenvalue weighted by molar-refractivity contribution is -0.132. The molecule has 3 aromatic rings. The fourth-order valence-electron chi connectivity index (χ4n) is 4.70. The number of likely N-dealkylation sites (tertiary alicyclic amines) is 1. The fraction of sp³-hybridized carbons (Fsp3) is 0.476. The highest BCUT2D eigenvalue weighted by molar-refractivity contribution is 5.83. The average molecular weight is 364 g/mol. The molecule has 2 atom stereocenters. The Morgan fingerprint density at radius 3 is 3.04 bits per heavy atom. The van der Waals surface area contributed by atoms with Gasteiger partial charge in [-0.25, -0.2) is 0 Å². The first-order valence-corrected chi connectivity index (χ1v) is 9.92. The number of fused-ring (bicyclic) bond motifs is 3. The Balaban J connectivity index is 1.20. The standard InChI is InChI=1S/C21H24N4O2/c26-21(25-13-14-4-3-5-16(25)10-14)9-8-19-23-24-20(27-19)11-15-12-22-18-7-2-1-6-17(15)18/h1-2,6-7,12,14,16,22H,3-5,8-11,13H2/t14-,16+/m0/s1. The number of aryl methyl sites for hydroxylation is 1. The van der Waals surface area contributed by atoms with Crippen LogP contribution in [0.2, 0.25) is 0 Å². The predicted molar refractivity (Wildman–Crippen MR) is 101 cm³/mol. The summed E-state index contributed by atoms with van der Waals surface area (Å²) in [4.78, 5) is 18.0. The van der Waals surface area contributed by atoms with E-state index in [0.29, 0.717) is 37.1 Å². The average Bonchev–Trinajstić information content (AvgIpc) is 3.39. The number of carbonyl (C=O) groups is 1. The first-order chi connectivity index (χ1) is 13.3. The van der Waals surface area contributed by atoms with Crippen molar-refractivity contribution in [3.05, 3.63) is 47.8 Å². The van der Waals surface area contributed by atoms with Crippen molar-refractivity contribution >= 4 is 16.8 Å². The first kappa shape index (κ1) is 16.5. The molecular formula is C21H24N4O2. The molecule has 1 aliphatic heterocycles. The minimum atomic E-state index is 0.237. The van der Waals surface area contributed by atoms with Crippen molar-refractivity contribution in [2.24, 2.45) is 5.92 Å². The summed E-state index contributed by atoms with van der Waals surface area (Å²) in [7, 11) is 0. The summed E-state index contributed by atoms with van der Waals surface area (Å²) >= 11 is 0. The molecule has 6 nitrogen and oxygen atoms in total. The largest absolute Gasteiger partial charge is 0.425 e. The Morgan fingerprint density at radius 2 is 2.11 bits per heavy atom. The molecule has 140 valence electrons. The molecule has 1 saturated carbocycles. The van der Waals surface area contributed by atoms with Crippen molar-refractivity contribution in [3.63, 3.8) is 0 Å². The molecule has 3 heterocycles. The summed E-state index contributed by atoms with van der Waals surface area (Å²) in [5, 5.41) is 9.49. The summed E-state index contributed by atoms with van der Waals surface area (Å²) < 4.78 is 5.80. The summed E-state index contributed by atoms with van der Waals surface area (Å²) in [5.41, 5.74) is 2.25. The van der Waals surface area contributed by atoms with Crippen molar-refractivity contribution in [2.45, 2.75) is 51.0 Å². The molecule has 2 bridgehead atoms. The summed E-state index contributed by atoms with van der Waals surface area (Å²) in [6, 6.07) is 8.65. The third kappa shape index (κ3) is 3.24. The van der Waals surface area contributed by atoms with E-state index >= 15 is 0 Å². The van der Waals surface area contributed by atoms with Gasteiger partial charge in [0.2, 0.25) is 17.7 Å². The van der Waals surface area contributed by atoms with Crippen LogP contribution in [0.3, 0.4) is 0 Å². The van der Waals surface area contributed by atoms with E-state index in [1.165, 1.54) is 24.6 Å². The van der Waals surface area contributed by atoms with Crippen LogP contribution in [0.15, 0.2) is 34.9 Å². The van der Waals surface area contributed by atoms with Crippen LogP contribution in [0.5, 0.6) is 0 Å². The molecule has 27 heavy (non-hydrogen) atoms. The molecule has 1 aromatic carbocycles. The monoisotopic (exact) mass is 364 g/mol. The second-order valence-corrected chi connectivity index (χ2v) is 7.86. The Labute approximate surface area is 158 Å². The number of nitrogens with one attached hydrogen (secondary N) is 1. The maximum atomic E-state index is 12.6. The normalized spacial score (nSPS) is 21.9. The smallest absolute Gasteiger partial charge is 0.223 e. The van der Waals surface area contributed by atoms with Crippen LogP contribution in [0.1, 0.15) is 49.4 Å². The van der Waals surface area contributed by atoms with Gasteiger partial charge in [0.1, 0.15) is 0 Å². The van der Waals surface area contributed by atoms with Crippen LogP contribution in [0, 0.1) is 5.92 Å². The molecule has 5 rings (SSSR count). The molecule has 2 aliphatic rings. The highest BCUT2D eigenvalue weighted by atomic mass is 16.4. The van der Waals surface area contributed by atoms with Gasteiger partial charge in [-0.3, -0.25) is 4.79 Å². The number of aromatic nitrogens is 3. The number of aromatic amines is 1. The van der Waals surface area contributed by atoms with Gasteiger partial charge in [-0.15, -0.1) is 10.2 Å². The number of para-hydroxylation sites is 1. The lowest BCUT2D eigenvalue weighted by Gasteiger charge is -2.24. The van der Waals surface area contributed by atoms with Gasteiger partial charge in [0.25, 0.3) is 0 Å². The predicted octanol–water partition coefficient (Wildman–Crippen LogP) is 3.48. The van der Waals surface area contributed by atoms with E-state index in [9.17, 15) is 4.79 Å². The van der Waals surface area contributed by atoms with Crippen molar-refractivity contribution in [1.29, 1.82) is 0 Å². The lowest BCUT2D eigenvalue weighted by atomic mass is 9.90. The van der Waals surface area contributed by atoms with Gasteiger partial charge in [0.05, 0.1) is 6.42 Å². The first-order valence-electron chi connectivity index (χ1n) is 9.92. The third-order valence-corrected chi connectivity index (χ3v) is 6.05. The minimum Gasteiger partial charge on any atom is -0.425 e. The number of H-pyrrole nitrogens is 1. The van der Waals surface area contributed by atoms with Crippen LogP contribution in [0.4, 0.5) is 0 Å². The van der Waals surface area contributed by atoms with Gasteiger partial charge in [0, 0.05) is 42.5 Å². The summed E-state index contributed by atoms with van der Waals surface area (Å²) in [6.45, 7) is 0.944. The quantitative estimate of drug-likeness (QED) is 0.752. The number of benzene rings is 1. The number of amides is 1. The fourth-order valence-corrected chi connectivity index (χ4v) is 4.70. The molecule has 1 amide bonds. The molecule has 1 N–H and O–H groups in total. The summed E-state index contributed by atoms with van der Waals surface area (Å²) in [5.74, 6) is 2.11. The lowest BCUT2D eigenvalue weighted by Crippen LogP contribution is -2.35. The van der Waals surface area contributed by atoms with Crippen molar-refractivity contribution in [2.75, 3.05) is 6.54 Å². The molecule has 1 saturated heterocycles. The van der Waals surface area contributed by atoms with Gasteiger partial charge in [-0.2, -0.15) is 0 Å². The highest BCUT2D eigenvalue weighted by Gasteiger charge is 2.37. The number of nitrogens with zero attached hydrogens (tertiary/aromatic N) is 3. The molecule has 2 fully saturated rings. The zero-order chi connectivity index (χ0) is 18.2. The van der Waals surface area contributed by atoms with Gasteiger partial charge in [-0.05, 0) is 36.8 Å². The second-order valence-electron chi connectivity index (χ2n) is 7.86. The Bertz CT molecular complexity index is 960. The van der Waals surface area contributed by atoms with Gasteiger partial charge < -0.3 is 14.3 Å². The number of hydrogen-bond acceptors (Lipinski definition) is 4. The Morgan fingerprint density at radius 1 is 1.22 bits per heavy atom. The third-order valence-electron chi connectivity index (χ3n) is 6.05. The SMILES string of the molecule is O=C(CCc1nnc(Cc2c[nH]c3ccccc23)o1)N1C[C@H]2CCC[C@@H]1C2. The number of hydrogen-bond donors (Lipinski definition) is 1. The zero-order valence-electron chi connectivity index (χ0n) is 15.4. The Hall–Kier alpha value is -2.63. The van der Waals surface area contributed by atoms with Crippen LogP contribution < -0.4 is 0 Å². The van der Waals surface area contributed by atoms with E-state index in [-0.39, 0.29) is 5.91 Å². The molecule has 6 heteroatoms. The van der Waals surface area contributed by atoms with Gasteiger partial charge in [-0.1, -0.05) is 24.6 Å². The molecule has 0 spiro atoms. The topological polar surface area (TPSA) is 75.0 Å². The van der Waals surface area contributed by atoms with Crippen LogP contribution >= 0.6 is 0 Å². The molecule has 0 radical (unpaired) electrons. The van der Waals surface area contributed by atoms with Crippen LogP contribution in [-0.2, 0) is 17.6 Å². The van der Waals surface area contributed by atoms with Gasteiger partial charge in [0.15, 0.2) is 0 Å². The molecule has 0 unspecified atom stereocenters. The van der Waals surface area contributed by atoms with E-state index in [1.54, 1.807) is 0 Å². The maximum Gasteiger partial charge on any atom is 0.223 e. The second kappa shape index (κ2) is 6.83. The van der Waals surface area contributed by atoms with E-state index in [2.05, 4.69) is 32.2 Å². The van der Waals surface area contributed by atoms with Crippen LogP contribution in [-0.4, -0.2) is 38.6 Å². The number of carbonyl (C=O) groups excluding carboxylic acids is 1. The van der Waals surface area contributed by atoms with Crippen molar-refractivity contribution in [3.8, 4) is 0 Å². The number of rotatable bonds is 5. The maximum absolute atomic E-state index is 12.6. The summed E-state index contributed by atoms with van der Waals surface area (Å²) in [6.07, 6.45) is 8.47. The van der Waals surface area contributed by atoms with E-state index < -0.39 is 0 Å².